The van der Waals surface area contributed by atoms with Gasteiger partial charge in [-0.05, 0) is 0 Å². The first-order valence-corrected chi connectivity index (χ1v) is 3.83. The average molecular weight is 194 g/mol. The molecule has 0 aromatic carbocycles. The highest BCUT2D eigenvalue weighted by molar-refractivity contribution is 6.29. The van der Waals surface area contributed by atoms with Crippen molar-refractivity contribution in [3.8, 4) is 17.7 Å². The van der Waals surface area contributed by atoms with E-state index in [0.717, 1.165) is 0 Å². The summed E-state index contributed by atoms with van der Waals surface area (Å²) in [6.45, 7) is 0. The highest BCUT2D eigenvalue weighted by Crippen LogP contribution is 2.13. The van der Waals surface area contributed by atoms with Gasteiger partial charge >= 0.3 is 0 Å². The zero-order valence-corrected chi connectivity index (χ0v) is 7.13. The molecule has 64 valence electrons. The molecule has 6 heteroatoms. The number of imidazole rings is 2. The van der Waals surface area contributed by atoms with Crippen molar-refractivity contribution in [2.75, 3.05) is 0 Å². The van der Waals surface area contributed by atoms with E-state index < -0.39 is 0 Å². The van der Waals surface area contributed by atoms with Gasteiger partial charge in [0.05, 0.1) is 12.4 Å². The van der Waals surface area contributed by atoms with E-state index in [-0.39, 0.29) is 0 Å². The highest BCUT2D eigenvalue weighted by Gasteiger charge is 2.05. The number of hydrogen-bond acceptors (Lipinski definition) is 3. The Labute approximate surface area is 78.4 Å². The van der Waals surface area contributed by atoms with Gasteiger partial charge in [0.25, 0.3) is 0 Å². The van der Waals surface area contributed by atoms with E-state index in [9.17, 15) is 0 Å². The monoisotopic (exact) mass is 193 g/mol. The topological polar surface area (TPSA) is 81.2 Å². The molecule has 0 aliphatic rings. The molecule has 0 spiro atoms. The van der Waals surface area contributed by atoms with E-state index in [2.05, 4.69) is 19.9 Å². The average Bonchev–Trinajstić information content (AvgIpc) is 2.71. The maximum absolute atomic E-state index is 8.53. The highest BCUT2D eigenvalue weighted by atomic mass is 35.5. The van der Waals surface area contributed by atoms with Gasteiger partial charge in [-0.3, -0.25) is 0 Å². The van der Waals surface area contributed by atoms with Gasteiger partial charge in [0.1, 0.15) is 16.9 Å². The van der Waals surface area contributed by atoms with Crippen molar-refractivity contribution in [1.29, 1.82) is 5.26 Å². The van der Waals surface area contributed by atoms with Crippen LogP contribution in [0.25, 0.3) is 11.6 Å². The lowest BCUT2D eigenvalue weighted by atomic mass is 10.5. The lowest BCUT2D eigenvalue weighted by Gasteiger charge is -1.86. The van der Waals surface area contributed by atoms with Crippen molar-refractivity contribution >= 4 is 11.6 Å². The van der Waals surface area contributed by atoms with Crippen LogP contribution in [0, 0.1) is 11.3 Å². The van der Waals surface area contributed by atoms with Crippen LogP contribution in [-0.4, -0.2) is 19.9 Å². The van der Waals surface area contributed by atoms with Crippen LogP contribution >= 0.6 is 11.6 Å². The summed E-state index contributed by atoms with van der Waals surface area (Å²) < 4.78 is 0. The Balaban J connectivity index is 2.42. The van der Waals surface area contributed by atoms with Gasteiger partial charge < -0.3 is 9.97 Å². The van der Waals surface area contributed by atoms with E-state index in [1.807, 2.05) is 6.07 Å². The van der Waals surface area contributed by atoms with Gasteiger partial charge in [-0.2, -0.15) is 5.26 Å². The Bertz CT molecular complexity index is 463. The first-order chi connectivity index (χ1) is 6.29. The molecular weight excluding hydrogens is 190 g/mol. The van der Waals surface area contributed by atoms with Crippen LogP contribution in [0.2, 0.25) is 5.15 Å². The first kappa shape index (κ1) is 7.83. The van der Waals surface area contributed by atoms with Crippen LogP contribution in [-0.2, 0) is 0 Å². The summed E-state index contributed by atoms with van der Waals surface area (Å²) in [6, 6.07) is 1.93. The van der Waals surface area contributed by atoms with Crippen LogP contribution in [0.3, 0.4) is 0 Å². The van der Waals surface area contributed by atoms with E-state index in [1.165, 1.54) is 12.4 Å². The summed E-state index contributed by atoms with van der Waals surface area (Å²) >= 11 is 5.63. The number of aromatic amines is 2. The number of halogens is 1. The second-order valence-electron chi connectivity index (χ2n) is 2.34. The fourth-order valence-electron chi connectivity index (χ4n) is 0.918. The van der Waals surface area contributed by atoms with Crippen molar-refractivity contribution in [3.05, 3.63) is 23.2 Å². The predicted octanol–water partition coefficient (Wildman–Crippen LogP) is 1.32. The second kappa shape index (κ2) is 2.92. The molecule has 0 saturated heterocycles. The number of nitriles is 1. The quantitative estimate of drug-likeness (QED) is 0.717. The Hall–Kier alpha value is -1.80. The maximum atomic E-state index is 8.53. The van der Waals surface area contributed by atoms with Gasteiger partial charge in [-0.15, -0.1) is 0 Å². The number of hydrogen-bond donors (Lipinski definition) is 2. The molecule has 2 aromatic rings. The van der Waals surface area contributed by atoms with Crippen molar-refractivity contribution in [1.82, 2.24) is 19.9 Å². The molecule has 0 saturated carbocycles. The largest absolute Gasteiger partial charge is 0.327 e. The maximum Gasteiger partial charge on any atom is 0.174 e. The molecule has 0 fully saturated rings. The van der Waals surface area contributed by atoms with E-state index in [4.69, 9.17) is 16.9 Å². The lowest BCUT2D eigenvalue weighted by molar-refractivity contribution is 1.19. The van der Waals surface area contributed by atoms with Gasteiger partial charge in [0.2, 0.25) is 0 Å². The molecule has 0 bridgehead atoms. The SMILES string of the molecule is N#Cc1cnc(-c2ncc(Cl)[nH]2)[nH]1. The van der Waals surface area contributed by atoms with E-state index in [1.54, 1.807) is 0 Å². The fraction of sp³-hybridized carbons (Fsp3) is 0. The van der Waals surface area contributed by atoms with E-state index in [0.29, 0.717) is 22.5 Å². The molecule has 0 radical (unpaired) electrons. The standard InChI is InChI=1S/C7H4ClN5/c8-5-3-11-7(13-5)6-10-2-4(1-9)12-6/h2-3H,(H,10,12)(H,11,13). The lowest BCUT2D eigenvalue weighted by Crippen LogP contribution is -1.82. The summed E-state index contributed by atoms with van der Waals surface area (Å²) in [4.78, 5) is 13.4. The van der Waals surface area contributed by atoms with Crippen LogP contribution < -0.4 is 0 Å². The number of H-pyrrole nitrogens is 2. The van der Waals surface area contributed by atoms with Crippen LogP contribution in [0.5, 0.6) is 0 Å². The minimum atomic E-state index is 0.391. The van der Waals surface area contributed by atoms with Crippen LogP contribution in [0.15, 0.2) is 12.4 Å². The predicted molar refractivity (Wildman–Crippen MR) is 45.9 cm³/mol. The zero-order valence-electron chi connectivity index (χ0n) is 6.37. The Morgan fingerprint density at radius 3 is 2.46 bits per heavy atom. The molecule has 0 aliphatic carbocycles. The molecule has 0 unspecified atom stereocenters. The summed E-state index contributed by atoms with van der Waals surface area (Å²) in [5.41, 5.74) is 0.391. The fourth-order valence-corrected chi connectivity index (χ4v) is 1.06. The zero-order chi connectivity index (χ0) is 9.26. The van der Waals surface area contributed by atoms with E-state index >= 15 is 0 Å². The summed E-state index contributed by atoms with van der Waals surface area (Å²) in [7, 11) is 0. The third-order valence-corrected chi connectivity index (χ3v) is 1.66. The normalized spacial score (nSPS) is 9.85. The summed E-state index contributed by atoms with van der Waals surface area (Å²) in [6.07, 6.45) is 2.91. The van der Waals surface area contributed by atoms with Crippen molar-refractivity contribution in [2.24, 2.45) is 0 Å². The molecule has 5 nitrogen and oxygen atoms in total. The second-order valence-corrected chi connectivity index (χ2v) is 2.74. The molecule has 2 aromatic heterocycles. The molecule has 0 atom stereocenters. The number of nitrogens with one attached hydrogen (secondary N) is 2. The molecule has 0 amide bonds. The number of aromatic nitrogens is 4. The summed E-state index contributed by atoms with van der Waals surface area (Å²) in [5.74, 6) is 1.02. The van der Waals surface area contributed by atoms with Crippen molar-refractivity contribution < 1.29 is 0 Å². The molecule has 2 heterocycles. The minimum absolute atomic E-state index is 0.391. The van der Waals surface area contributed by atoms with Gasteiger partial charge in [0, 0.05) is 0 Å². The molecular formula is C7H4ClN5. The molecule has 13 heavy (non-hydrogen) atoms. The molecule has 2 N–H and O–H groups in total. The smallest absolute Gasteiger partial charge is 0.174 e. The van der Waals surface area contributed by atoms with Crippen molar-refractivity contribution in [2.45, 2.75) is 0 Å². The third kappa shape index (κ3) is 1.39. The number of rotatable bonds is 1. The van der Waals surface area contributed by atoms with Crippen LogP contribution in [0.4, 0.5) is 0 Å². The van der Waals surface area contributed by atoms with Crippen molar-refractivity contribution in [3.63, 3.8) is 0 Å². The van der Waals surface area contributed by atoms with Gasteiger partial charge in [0.15, 0.2) is 11.6 Å². The van der Waals surface area contributed by atoms with Gasteiger partial charge in [-0.25, -0.2) is 9.97 Å². The Kier molecular flexibility index (Phi) is 1.76. The Morgan fingerprint density at radius 2 is 1.92 bits per heavy atom. The number of nitrogens with zero attached hydrogens (tertiary/aromatic N) is 3. The third-order valence-electron chi connectivity index (χ3n) is 1.47. The molecule has 2 rings (SSSR count). The van der Waals surface area contributed by atoms with Crippen LogP contribution in [0.1, 0.15) is 5.69 Å². The van der Waals surface area contributed by atoms with Gasteiger partial charge in [-0.1, -0.05) is 11.6 Å². The summed E-state index contributed by atoms with van der Waals surface area (Å²) in [5, 5.41) is 8.96. The first-order valence-electron chi connectivity index (χ1n) is 3.45. The minimum Gasteiger partial charge on any atom is -0.327 e. The molecule has 0 aliphatic heterocycles. The Morgan fingerprint density at radius 1 is 1.23 bits per heavy atom.